The first-order chi connectivity index (χ1) is 14.8. The van der Waals surface area contributed by atoms with Gasteiger partial charge < -0.3 is 30.1 Å². The number of rotatable bonds is 9. The van der Waals surface area contributed by atoms with Crippen molar-refractivity contribution in [3.8, 4) is 23.3 Å². The van der Waals surface area contributed by atoms with E-state index < -0.39 is 11.9 Å². The van der Waals surface area contributed by atoms with Crippen LogP contribution in [0, 0.1) is 11.3 Å². The Bertz CT molecular complexity index is 955. The highest BCUT2D eigenvalue weighted by atomic mass is 35.5. The SMILES string of the molecule is CNCc1cccc(Oc2cc(Cl)ccc2C#N)c1OCCO.O=C(O)/C=C/C(=O)O. The second-order valence-corrected chi connectivity index (χ2v) is 6.15. The van der Waals surface area contributed by atoms with Crippen LogP contribution in [0.25, 0.3) is 0 Å². The van der Waals surface area contributed by atoms with E-state index in [0.717, 1.165) is 5.56 Å². The molecule has 0 bridgehead atoms. The number of nitriles is 1. The third-order valence-electron chi connectivity index (χ3n) is 3.42. The van der Waals surface area contributed by atoms with Gasteiger partial charge in [0.25, 0.3) is 0 Å². The summed E-state index contributed by atoms with van der Waals surface area (Å²) in [5.41, 5.74) is 1.26. The Morgan fingerprint density at radius 1 is 1.16 bits per heavy atom. The van der Waals surface area contributed by atoms with Crippen molar-refractivity contribution in [3.05, 3.63) is 64.7 Å². The lowest BCUT2D eigenvalue weighted by Gasteiger charge is -2.16. The monoisotopic (exact) mass is 448 g/mol. The molecule has 0 atom stereocenters. The number of nitrogens with zero attached hydrogens (tertiary/aromatic N) is 1. The van der Waals surface area contributed by atoms with Crippen molar-refractivity contribution in [1.29, 1.82) is 5.26 Å². The highest BCUT2D eigenvalue weighted by Gasteiger charge is 2.14. The van der Waals surface area contributed by atoms with Crippen LogP contribution in [-0.2, 0) is 16.1 Å². The molecule has 0 fully saturated rings. The Morgan fingerprint density at radius 2 is 1.84 bits per heavy atom. The zero-order chi connectivity index (χ0) is 23.2. The second kappa shape index (κ2) is 13.6. The van der Waals surface area contributed by atoms with Crippen LogP contribution in [0.1, 0.15) is 11.1 Å². The lowest BCUT2D eigenvalue weighted by Crippen LogP contribution is -2.10. The van der Waals surface area contributed by atoms with Gasteiger partial charge in [0.1, 0.15) is 18.4 Å². The van der Waals surface area contributed by atoms with E-state index in [1.165, 1.54) is 0 Å². The zero-order valence-electron chi connectivity index (χ0n) is 16.5. The molecule has 0 unspecified atom stereocenters. The van der Waals surface area contributed by atoms with E-state index >= 15 is 0 Å². The molecule has 0 saturated carbocycles. The van der Waals surface area contributed by atoms with Crippen molar-refractivity contribution >= 4 is 23.5 Å². The maximum Gasteiger partial charge on any atom is 0.328 e. The molecule has 2 aromatic rings. The van der Waals surface area contributed by atoms with E-state index in [-0.39, 0.29) is 13.2 Å². The smallest absolute Gasteiger partial charge is 0.328 e. The van der Waals surface area contributed by atoms with Gasteiger partial charge in [-0.25, -0.2) is 9.59 Å². The number of benzene rings is 2. The van der Waals surface area contributed by atoms with E-state index in [1.807, 2.05) is 19.2 Å². The fraction of sp³-hybridized carbons (Fsp3) is 0.190. The molecule has 4 N–H and O–H groups in total. The molecule has 0 aliphatic heterocycles. The number of para-hydroxylation sites is 1. The molecule has 0 aliphatic rings. The van der Waals surface area contributed by atoms with Crippen LogP contribution in [0.3, 0.4) is 0 Å². The first-order valence-electron chi connectivity index (χ1n) is 8.84. The Morgan fingerprint density at radius 3 is 2.39 bits per heavy atom. The van der Waals surface area contributed by atoms with Crippen LogP contribution < -0.4 is 14.8 Å². The molecule has 2 aromatic carbocycles. The highest BCUT2D eigenvalue weighted by Crippen LogP contribution is 2.36. The molecular formula is C21H21ClN2O7. The summed E-state index contributed by atoms with van der Waals surface area (Å²) in [6.45, 7) is 0.629. The first-order valence-corrected chi connectivity index (χ1v) is 9.21. The standard InChI is InChI=1S/C17H17ClN2O3.C4H4O4/c1-20-11-13-3-2-4-15(17(13)22-8-7-21)23-16-9-14(18)6-5-12(16)10-19;5-3(6)1-2-4(7)8/h2-6,9,20-21H,7-8,11H2,1H3;1-2H,(H,5,6)(H,7,8)/b;2-1+. The number of aliphatic carboxylic acids is 2. The Labute approximate surface area is 183 Å². The number of aliphatic hydroxyl groups excluding tert-OH is 1. The van der Waals surface area contributed by atoms with E-state index in [2.05, 4.69) is 11.4 Å². The summed E-state index contributed by atoms with van der Waals surface area (Å²) in [6, 6.07) is 12.4. The topological polar surface area (TPSA) is 149 Å². The molecule has 10 heteroatoms. The average Bonchev–Trinajstić information content (AvgIpc) is 2.73. The van der Waals surface area contributed by atoms with Gasteiger partial charge in [0.05, 0.1) is 12.2 Å². The van der Waals surface area contributed by atoms with Crippen molar-refractivity contribution < 1.29 is 34.4 Å². The van der Waals surface area contributed by atoms with Gasteiger partial charge in [-0.1, -0.05) is 23.7 Å². The fourth-order valence-corrected chi connectivity index (χ4v) is 2.38. The van der Waals surface area contributed by atoms with Crippen LogP contribution in [0.4, 0.5) is 0 Å². The number of carbonyl (C=O) groups is 2. The molecular weight excluding hydrogens is 428 g/mol. The molecule has 0 spiro atoms. The quantitative estimate of drug-likeness (QED) is 0.424. The van der Waals surface area contributed by atoms with Gasteiger partial charge in [-0.15, -0.1) is 0 Å². The van der Waals surface area contributed by atoms with Gasteiger partial charge in [0.15, 0.2) is 11.5 Å². The minimum Gasteiger partial charge on any atom is -0.487 e. The van der Waals surface area contributed by atoms with Gasteiger partial charge in [-0.3, -0.25) is 0 Å². The van der Waals surface area contributed by atoms with Crippen LogP contribution >= 0.6 is 11.6 Å². The summed E-state index contributed by atoms with van der Waals surface area (Å²) in [5.74, 6) is -1.17. The fourth-order valence-electron chi connectivity index (χ4n) is 2.22. The average molecular weight is 449 g/mol. The van der Waals surface area contributed by atoms with Crippen molar-refractivity contribution in [2.45, 2.75) is 6.54 Å². The minimum atomic E-state index is -1.26. The minimum absolute atomic E-state index is 0.103. The second-order valence-electron chi connectivity index (χ2n) is 5.71. The Balaban J connectivity index is 0.000000512. The molecule has 0 heterocycles. The maximum atomic E-state index is 9.55. The summed E-state index contributed by atoms with van der Waals surface area (Å²) in [7, 11) is 1.83. The predicted octanol–water partition coefficient (Wildman–Crippen LogP) is 2.81. The lowest BCUT2D eigenvalue weighted by atomic mass is 10.1. The molecule has 164 valence electrons. The molecule has 0 aromatic heterocycles. The van der Waals surface area contributed by atoms with Crippen LogP contribution in [0.15, 0.2) is 48.6 Å². The number of hydrogen-bond acceptors (Lipinski definition) is 7. The summed E-state index contributed by atoms with van der Waals surface area (Å²) >= 11 is 5.98. The molecule has 0 saturated heterocycles. The van der Waals surface area contributed by atoms with Gasteiger partial charge in [-0.05, 0) is 25.2 Å². The van der Waals surface area contributed by atoms with Crippen LogP contribution in [-0.4, -0.2) is 47.5 Å². The normalized spacial score (nSPS) is 10.0. The van der Waals surface area contributed by atoms with Crippen molar-refractivity contribution in [2.75, 3.05) is 20.3 Å². The Kier molecular flexibility index (Phi) is 11.2. The zero-order valence-corrected chi connectivity index (χ0v) is 17.3. The lowest BCUT2D eigenvalue weighted by molar-refractivity contribution is -0.134. The number of nitrogens with one attached hydrogen (secondary N) is 1. The Hall–Kier alpha value is -3.58. The van der Waals surface area contributed by atoms with Gasteiger partial charge >= 0.3 is 11.9 Å². The van der Waals surface area contributed by atoms with Crippen molar-refractivity contribution in [1.82, 2.24) is 5.32 Å². The van der Waals surface area contributed by atoms with Crippen molar-refractivity contribution in [3.63, 3.8) is 0 Å². The van der Waals surface area contributed by atoms with Gasteiger partial charge in [0, 0.05) is 35.3 Å². The molecule has 0 aliphatic carbocycles. The molecule has 9 nitrogen and oxygen atoms in total. The summed E-state index contributed by atoms with van der Waals surface area (Å²) in [6.07, 6.45) is 1.12. The van der Waals surface area contributed by atoms with E-state index in [0.29, 0.717) is 46.5 Å². The van der Waals surface area contributed by atoms with Crippen LogP contribution in [0.5, 0.6) is 17.2 Å². The van der Waals surface area contributed by atoms with E-state index in [9.17, 15) is 14.9 Å². The number of aliphatic hydroxyl groups is 1. The largest absolute Gasteiger partial charge is 0.487 e. The third kappa shape index (κ3) is 9.18. The molecule has 0 radical (unpaired) electrons. The highest BCUT2D eigenvalue weighted by molar-refractivity contribution is 6.30. The third-order valence-corrected chi connectivity index (χ3v) is 3.65. The first kappa shape index (κ1) is 25.5. The van der Waals surface area contributed by atoms with E-state index in [4.69, 9.17) is 36.4 Å². The number of hydrogen-bond donors (Lipinski definition) is 4. The number of ether oxygens (including phenoxy) is 2. The van der Waals surface area contributed by atoms with Gasteiger partial charge in [0.2, 0.25) is 0 Å². The van der Waals surface area contributed by atoms with E-state index in [1.54, 1.807) is 24.3 Å². The number of carboxylic acids is 2. The summed E-state index contributed by atoms with van der Waals surface area (Å²) < 4.78 is 11.5. The number of carboxylic acid groups (broad SMARTS) is 2. The molecule has 0 amide bonds. The molecule has 31 heavy (non-hydrogen) atoms. The van der Waals surface area contributed by atoms with Gasteiger partial charge in [-0.2, -0.15) is 5.26 Å². The summed E-state index contributed by atoms with van der Waals surface area (Å²) in [4.78, 5) is 19.1. The van der Waals surface area contributed by atoms with Crippen molar-refractivity contribution in [2.24, 2.45) is 0 Å². The maximum absolute atomic E-state index is 9.55. The van der Waals surface area contributed by atoms with Crippen LogP contribution in [0.2, 0.25) is 5.02 Å². The summed E-state index contributed by atoms with van der Waals surface area (Å²) in [5, 5.41) is 37.3. The molecule has 2 rings (SSSR count). The number of halogens is 1. The predicted molar refractivity (Wildman–Crippen MR) is 112 cm³/mol.